The summed E-state index contributed by atoms with van der Waals surface area (Å²) in [5, 5.41) is 13.0. The van der Waals surface area contributed by atoms with E-state index in [1.807, 2.05) is 12.1 Å². The molecule has 0 amide bonds. The van der Waals surface area contributed by atoms with Gasteiger partial charge in [-0.15, -0.1) is 0 Å². The molecule has 106 valence electrons. The minimum atomic E-state index is 0.211. The number of hydrogen-bond acceptors (Lipinski definition) is 3. The number of nitriles is 1. The Balaban J connectivity index is 2.02. The van der Waals surface area contributed by atoms with Crippen molar-refractivity contribution < 1.29 is 0 Å². The Morgan fingerprint density at radius 1 is 1.25 bits per heavy atom. The molecule has 2 fully saturated rings. The molecular formula is C16H20BrN3. The van der Waals surface area contributed by atoms with Crippen molar-refractivity contribution in [3.05, 3.63) is 28.2 Å². The molecule has 0 aromatic heterocycles. The van der Waals surface area contributed by atoms with Crippen molar-refractivity contribution in [3.63, 3.8) is 0 Å². The van der Waals surface area contributed by atoms with Crippen molar-refractivity contribution >= 4 is 21.6 Å². The molecule has 20 heavy (non-hydrogen) atoms. The van der Waals surface area contributed by atoms with Crippen LogP contribution in [0.4, 0.5) is 5.69 Å². The van der Waals surface area contributed by atoms with Gasteiger partial charge in [0.15, 0.2) is 0 Å². The molecule has 0 unspecified atom stereocenters. The number of benzene rings is 1. The summed E-state index contributed by atoms with van der Waals surface area (Å²) < 4.78 is 1.05. The van der Waals surface area contributed by atoms with Gasteiger partial charge < -0.3 is 10.2 Å². The van der Waals surface area contributed by atoms with E-state index in [0.29, 0.717) is 0 Å². The first kappa shape index (κ1) is 13.9. The summed E-state index contributed by atoms with van der Waals surface area (Å²) in [7, 11) is 0. The number of rotatable bonds is 1. The number of hydrogen-bond donors (Lipinski definition) is 1. The zero-order chi connectivity index (χ0) is 14.0. The highest BCUT2D eigenvalue weighted by molar-refractivity contribution is 9.10. The molecule has 1 spiro atoms. The van der Waals surface area contributed by atoms with Gasteiger partial charge in [-0.25, -0.2) is 0 Å². The van der Waals surface area contributed by atoms with Crippen LogP contribution in [0.15, 0.2) is 22.7 Å². The first-order valence-corrected chi connectivity index (χ1v) is 8.22. The lowest BCUT2D eigenvalue weighted by molar-refractivity contribution is 0.241. The van der Waals surface area contributed by atoms with Crippen LogP contribution in [0.1, 0.15) is 37.7 Å². The summed E-state index contributed by atoms with van der Waals surface area (Å²) in [5.41, 5.74) is 2.11. The molecule has 3 rings (SSSR count). The van der Waals surface area contributed by atoms with Gasteiger partial charge in [0.05, 0.1) is 16.8 Å². The second-order valence-corrected chi connectivity index (χ2v) is 6.80. The third-order valence-electron chi connectivity index (χ3n) is 4.69. The van der Waals surface area contributed by atoms with Crippen LogP contribution < -0.4 is 10.2 Å². The highest BCUT2D eigenvalue weighted by Crippen LogP contribution is 2.39. The van der Waals surface area contributed by atoms with Gasteiger partial charge in [-0.05, 0) is 31.0 Å². The average molecular weight is 334 g/mol. The maximum absolute atomic E-state index is 9.42. The zero-order valence-electron chi connectivity index (χ0n) is 11.7. The summed E-state index contributed by atoms with van der Waals surface area (Å²) >= 11 is 3.55. The molecule has 1 N–H and O–H groups in total. The van der Waals surface area contributed by atoms with Crippen LogP contribution in [0, 0.1) is 11.3 Å². The molecule has 1 heterocycles. The molecule has 4 heteroatoms. The Hall–Kier alpha value is -1.05. The van der Waals surface area contributed by atoms with Gasteiger partial charge in [-0.1, -0.05) is 35.2 Å². The highest BCUT2D eigenvalue weighted by Gasteiger charge is 2.40. The van der Waals surface area contributed by atoms with Crippen molar-refractivity contribution in [3.8, 4) is 6.07 Å². The van der Waals surface area contributed by atoms with Crippen LogP contribution in [-0.2, 0) is 0 Å². The summed E-state index contributed by atoms with van der Waals surface area (Å²) in [5.74, 6) is 0. The van der Waals surface area contributed by atoms with Crippen molar-refractivity contribution in [2.45, 2.75) is 37.6 Å². The quantitative estimate of drug-likeness (QED) is 0.855. The van der Waals surface area contributed by atoms with Crippen LogP contribution >= 0.6 is 15.9 Å². The normalized spacial score (nSPS) is 21.7. The second kappa shape index (κ2) is 5.75. The van der Waals surface area contributed by atoms with Crippen LogP contribution in [0.3, 0.4) is 0 Å². The summed E-state index contributed by atoms with van der Waals surface area (Å²) in [4.78, 5) is 2.51. The van der Waals surface area contributed by atoms with Gasteiger partial charge in [-0.3, -0.25) is 0 Å². The Bertz CT molecular complexity index is 521. The van der Waals surface area contributed by atoms with Crippen molar-refractivity contribution in [2.75, 3.05) is 24.5 Å². The van der Waals surface area contributed by atoms with Crippen molar-refractivity contribution in [1.29, 1.82) is 5.26 Å². The fraction of sp³-hybridized carbons (Fsp3) is 0.562. The van der Waals surface area contributed by atoms with E-state index in [9.17, 15) is 5.26 Å². The minimum Gasteiger partial charge on any atom is -0.362 e. The molecule has 0 bridgehead atoms. The highest BCUT2D eigenvalue weighted by atomic mass is 79.9. The monoisotopic (exact) mass is 333 g/mol. The molecule has 0 atom stereocenters. The van der Waals surface area contributed by atoms with Crippen molar-refractivity contribution in [1.82, 2.24) is 5.32 Å². The third-order valence-corrected chi connectivity index (χ3v) is 5.19. The molecule has 1 saturated heterocycles. The molecule has 1 saturated carbocycles. The van der Waals surface area contributed by atoms with Gasteiger partial charge in [-0.2, -0.15) is 5.26 Å². The van der Waals surface area contributed by atoms with E-state index in [0.717, 1.165) is 35.4 Å². The SMILES string of the molecule is N#Cc1ccc(Br)cc1N1CCNCC12CCCCC2. The summed E-state index contributed by atoms with van der Waals surface area (Å²) in [6.45, 7) is 3.04. The number of nitrogens with one attached hydrogen (secondary N) is 1. The predicted molar refractivity (Wildman–Crippen MR) is 84.9 cm³/mol. The Kier molecular flexibility index (Phi) is 4.00. The topological polar surface area (TPSA) is 39.1 Å². The Morgan fingerprint density at radius 2 is 2.05 bits per heavy atom. The van der Waals surface area contributed by atoms with Crippen LogP contribution in [0.5, 0.6) is 0 Å². The zero-order valence-corrected chi connectivity index (χ0v) is 13.2. The molecule has 1 aromatic carbocycles. The van der Waals surface area contributed by atoms with E-state index < -0.39 is 0 Å². The third kappa shape index (κ3) is 2.45. The van der Waals surface area contributed by atoms with E-state index >= 15 is 0 Å². The lowest BCUT2D eigenvalue weighted by Gasteiger charge is -2.51. The number of halogens is 1. The standard InChI is InChI=1S/C16H20BrN3/c17-14-5-4-13(11-18)15(10-14)20-9-8-19-12-16(20)6-2-1-3-7-16/h4-5,10,19H,1-3,6-9,12H2. The smallest absolute Gasteiger partial charge is 0.101 e. The van der Waals surface area contributed by atoms with E-state index in [-0.39, 0.29) is 5.54 Å². The number of piperazine rings is 1. The fourth-order valence-corrected chi connectivity index (χ4v) is 4.05. The molecule has 0 radical (unpaired) electrons. The summed E-state index contributed by atoms with van der Waals surface area (Å²) in [6.07, 6.45) is 6.41. The first-order valence-electron chi connectivity index (χ1n) is 7.43. The molecule has 1 aromatic rings. The van der Waals surface area contributed by atoms with Gasteiger partial charge in [0, 0.05) is 24.1 Å². The first-order chi connectivity index (χ1) is 9.75. The predicted octanol–water partition coefficient (Wildman–Crippen LogP) is 3.43. The van der Waals surface area contributed by atoms with Gasteiger partial charge in [0.25, 0.3) is 0 Å². The lowest BCUT2D eigenvalue weighted by atomic mass is 9.78. The summed E-state index contributed by atoms with van der Waals surface area (Å²) in [6, 6.07) is 8.36. The van der Waals surface area contributed by atoms with Crippen LogP contribution in [0.25, 0.3) is 0 Å². The fourth-order valence-electron chi connectivity index (χ4n) is 3.70. The lowest BCUT2D eigenvalue weighted by Crippen LogP contribution is -2.62. The molecule has 1 aliphatic carbocycles. The Labute approximate surface area is 129 Å². The largest absolute Gasteiger partial charge is 0.362 e. The maximum Gasteiger partial charge on any atom is 0.101 e. The van der Waals surface area contributed by atoms with Gasteiger partial charge >= 0.3 is 0 Å². The van der Waals surface area contributed by atoms with Crippen molar-refractivity contribution in [2.24, 2.45) is 0 Å². The average Bonchev–Trinajstić information content (AvgIpc) is 2.48. The Morgan fingerprint density at radius 3 is 2.80 bits per heavy atom. The van der Waals surface area contributed by atoms with Gasteiger partial charge in [0.2, 0.25) is 0 Å². The van der Waals surface area contributed by atoms with Gasteiger partial charge in [0.1, 0.15) is 6.07 Å². The van der Waals surface area contributed by atoms with Crippen LogP contribution in [-0.4, -0.2) is 25.2 Å². The molecular weight excluding hydrogens is 314 g/mol. The molecule has 3 nitrogen and oxygen atoms in total. The van der Waals surface area contributed by atoms with E-state index in [1.165, 1.54) is 32.1 Å². The number of nitrogens with zero attached hydrogens (tertiary/aromatic N) is 2. The van der Waals surface area contributed by atoms with E-state index in [2.05, 4.69) is 38.3 Å². The maximum atomic E-state index is 9.42. The van der Waals surface area contributed by atoms with E-state index in [4.69, 9.17) is 0 Å². The van der Waals surface area contributed by atoms with Crippen LogP contribution in [0.2, 0.25) is 0 Å². The molecule has 1 aliphatic heterocycles. The second-order valence-electron chi connectivity index (χ2n) is 5.89. The minimum absolute atomic E-state index is 0.211. The molecule has 2 aliphatic rings. The van der Waals surface area contributed by atoms with E-state index in [1.54, 1.807) is 0 Å². The number of anilines is 1.